The average molecular weight is 205 g/mol. The molecule has 0 bridgehead atoms. The highest BCUT2D eigenvalue weighted by molar-refractivity contribution is 5.67. The Kier molecular flexibility index (Phi) is 4.88. The third-order valence-corrected chi connectivity index (χ3v) is 2.41. The molecule has 0 atom stereocenters. The van der Waals surface area contributed by atoms with E-state index in [1.165, 1.54) is 24.8 Å². The maximum absolute atomic E-state index is 10.4. The molecule has 1 aromatic carbocycles. The molecule has 0 spiro atoms. The molecule has 0 amide bonds. The van der Waals surface area contributed by atoms with Crippen molar-refractivity contribution in [1.29, 1.82) is 0 Å². The quantitative estimate of drug-likeness (QED) is 0.663. The topological polar surface area (TPSA) is 40.1 Å². The molecule has 0 saturated carbocycles. The van der Waals surface area contributed by atoms with Crippen LogP contribution in [-0.2, 0) is 17.6 Å². The van der Waals surface area contributed by atoms with E-state index in [-0.39, 0.29) is 6.42 Å². The number of hydrogen-bond acceptors (Lipinski definition) is 2. The number of rotatable bonds is 6. The third kappa shape index (κ3) is 4.63. The fraction of sp³-hybridized carbons (Fsp3) is 0.462. The smallest absolute Gasteiger partial charge is 0.0458 e. The average Bonchev–Trinajstić information content (AvgIpc) is 2.18. The lowest BCUT2D eigenvalue weighted by molar-refractivity contribution is -0.304. The molecule has 15 heavy (non-hydrogen) atoms. The van der Waals surface area contributed by atoms with Gasteiger partial charge in [-0.25, -0.2) is 0 Å². The standard InChI is InChI=1S/C13H18O2/c1-2-3-4-6-11-7-5-8-12(9-11)10-13(14)15/h5,7-9H,2-4,6,10H2,1H3,(H,14,15)/p-1. The highest BCUT2D eigenvalue weighted by Gasteiger charge is 1.96. The van der Waals surface area contributed by atoms with Crippen molar-refractivity contribution in [1.82, 2.24) is 0 Å². The van der Waals surface area contributed by atoms with E-state index in [1.807, 2.05) is 18.2 Å². The number of benzene rings is 1. The number of carboxylic acid groups (broad SMARTS) is 1. The van der Waals surface area contributed by atoms with E-state index in [0.717, 1.165) is 12.0 Å². The fourth-order valence-electron chi connectivity index (χ4n) is 1.64. The van der Waals surface area contributed by atoms with Crippen molar-refractivity contribution >= 4 is 5.97 Å². The minimum atomic E-state index is -1.01. The fourth-order valence-corrected chi connectivity index (χ4v) is 1.64. The normalized spacial score (nSPS) is 10.2. The molecule has 0 heterocycles. The van der Waals surface area contributed by atoms with Gasteiger partial charge in [0.25, 0.3) is 0 Å². The zero-order valence-electron chi connectivity index (χ0n) is 9.16. The summed E-state index contributed by atoms with van der Waals surface area (Å²) in [6.45, 7) is 2.17. The molecule has 0 aliphatic heterocycles. The van der Waals surface area contributed by atoms with Gasteiger partial charge in [-0.15, -0.1) is 0 Å². The predicted octanol–water partition coefficient (Wildman–Crippen LogP) is 1.71. The van der Waals surface area contributed by atoms with Gasteiger partial charge in [0, 0.05) is 12.4 Å². The second-order valence-electron chi connectivity index (χ2n) is 3.83. The first kappa shape index (κ1) is 11.8. The van der Waals surface area contributed by atoms with Gasteiger partial charge in [0.2, 0.25) is 0 Å². The number of hydrogen-bond donors (Lipinski definition) is 0. The van der Waals surface area contributed by atoms with Gasteiger partial charge >= 0.3 is 0 Å². The summed E-state index contributed by atoms with van der Waals surface area (Å²) in [6.07, 6.45) is 4.66. The van der Waals surface area contributed by atoms with E-state index in [9.17, 15) is 9.90 Å². The zero-order valence-corrected chi connectivity index (χ0v) is 9.16. The first-order valence-electron chi connectivity index (χ1n) is 5.50. The van der Waals surface area contributed by atoms with Crippen LogP contribution in [0.1, 0.15) is 37.3 Å². The van der Waals surface area contributed by atoms with Crippen LogP contribution in [0.5, 0.6) is 0 Å². The summed E-state index contributed by atoms with van der Waals surface area (Å²) in [6, 6.07) is 7.76. The van der Waals surface area contributed by atoms with Crippen LogP contribution in [0.4, 0.5) is 0 Å². The molecule has 0 fully saturated rings. The van der Waals surface area contributed by atoms with Crippen LogP contribution in [0.3, 0.4) is 0 Å². The van der Waals surface area contributed by atoms with E-state index in [1.54, 1.807) is 0 Å². The third-order valence-electron chi connectivity index (χ3n) is 2.41. The summed E-state index contributed by atoms with van der Waals surface area (Å²) >= 11 is 0. The Morgan fingerprint density at radius 1 is 1.27 bits per heavy atom. The van der Waals surface area contributed by atoms with E-state index < -0.39 is 5.97 Å². The Morgan fingerprint density at radius 3 is 2.67 bits per heavy atom. The molecule has 1 aromatic rings. The lowest BCUT2D eigenvalue weighted by atomic mass is 10.0. The molecule has 2 heteroatoms. The molecule has 0 unspecified atom stereocenters. The van der Waals surface area contributed by atoms with E-state index in [0.29, 0.717) is 0 Å². The Morgan fingerprint density at radius 2 is 2.00 bits per heavy atom. The van der Waals surface area contributed by atoms with E-state index in [2.05, 4.69) is 13.0 Å². The zero-order chi connectivity index (χ0) is 11.1. The molecule has 0 saturated heterocycles. The predicted molar refractivity (Wildman–Crippen MR) is 58.4 cm³/mol. The van der Waals surface area contributed by atoms with Crippen LogP contribution in [0.25, 0.3) is 0 Å². The van der Waals surface area contributed by atoms with Crippen LogP contribution in [-0.4, -0.2) is 5.97 Å². The minimum Gasteiger partial charge on any atom is -0.550 e. The number of aryl methyl sites for hydroxylation is 1. The molecule has 0 aromatic heterocycles. The second kappa shape index (κ2) is 6.23. The Bertz CT molecular complexity index is 318. The van der Waals surface area contributed by atoms with Gasteiger partial charge in [-0.1, -0.05) is 44.0 Å². The Labute approximate surface area is 90.9 Å². The molecular formula is C13H17O2-. The molecule has 0 aliphatic rings. The Balaban J connectivity index is 2.53. The van der Waals surface area contributed by atoms with Crippen molar-refractivity contribution in [3.05, 3.63) is 35.4 Å². The van der Waals surface area contributed by atoms with Crippen LogP contribution in [0, 0.1) is 0 Å². The molecule has 2 nitrogen and oxygen atoms in total. The summed E-state index contributed by atoms with van der Waals surface area (Å²) in [4.78, 5) is 10.4. The summed E-state index contributed by atoms with van der Waals surface area (Å²) in [7, 11) is 0. The highest BCUT2D eigenvalue weighted by atomic mass is 16.4. The number of carbonyl (C=O) groups is 1. The summed E-state index contributed by atoms with van der Waals surface area (Å²) in [5.74, 6) is -1.01. The van der Waals surface area contributed by atoms with Crippen molar-refractivity contribution in [2.24, 2.45) is 0 Å². The lowest BCUT2D eigenvalue weighted by Crippen LogP contribution is -2.24. The van der Waals surface area contributed by atoms with Gasteiger partial charge in [0.05, 0.1) is 0 Å². The molecule has 0 aliphatic carbocycles. The summed E-state index contributed by atoms with van der Waals surface area (Å²) in [5, 5.41) is 10.4. The highest BCUT2D eigenvalue weighted by Crippen LogP contribution is 2.09. The molecule has 1 rings (SSSR count). The molecule has 0 radical (unpaired) electrons. The van der Waals surface area contributed by atoms with Crippen LogP contribution >= 0.6 is 0 Å². The van der Waals surface area contributed by atoms with E-state index in [4.69, 9.17) is 0 Å². The number of carbonyl (C=O) groups excluding carboxylic acids is 1. The largest absolute Gasteiger partial charge is 0.550 e. The van der Waals surface area contributed by atoms with Gasteiger partial charge in [-0.3, -0.25) is 0 Å². The summed E-state index contributed by atoms with van der Waals surface area (Å²) in [5.41, 5.74) is 2.06. The monoisotopic (exact) mass is 205 g/mol. The van der Waals surface area contributed by atoms with Crippen LogP contribution in [0.2, 0.25) is 0 Å². The van der Waals surface area contributed by atoms with Crippen LogP contribution in [0.15, 0.2) is 24.3 Å². The second-order valence-corrected chi connectivity index (χ2v) is 3.83. The van der Waals surface area contributed by atoms with Gasteiger partial charge in [0.1, 0.15) is 0 Å². The van der Waals surface area contributed by atoms with Crippen molar-refractivity contribution in [3.8, 4) is 0 Å². The van der Waals surface area contributed by atoms with Gasteiger partial charge < -0.3 is 9.90 Å². The van der Waals surface area contributed by atoms with Gasteiger partial charge in [0.15, 0.2) is 0 Å². The van der Waals surface area contributed by atoms with Gasteiger partial charge in [-0.05, 0) is 24.0 Å². The molecule has 82 valence electrons. The van der Waals surface area contributed by atoms with Crippen molar-refractivity contribution in [2.75, 3.05) is 0 Å². The van der Waals surface area contributed by atoms with Crippen LogP contribution < -0.4 is 5.11 Å². The van der Waals surface area contributed by atoms with E-state index >= 15 is 0 Å². The maximum Gasteiger partial charge on any atom is 0.0458 e. The number of aliphatic carboxylic acids is 1. The lowest BCUT2D eigenvalue weighted by Gasteiger charge is -2.05. The SMILES string of the molecule is CCCCCc1cccc(CC(=O)[O-])c1. The van der Waals surface area contributed by atoms with Crippen molar-refractivity contribution in [3.63, 3.8) is 0 Å². The maximum atomic E-state index is 10.4. The van der Waals surface area contributed by atoms with Crippen molar-refractivity contribution < 1.29 is 9.90 Å². The molecular weight excluding hydrogens is 188 g/mol. The van der Waals surface area contributed by atoms with Gasteiger partial charge in [-0.2, -0.15) is 0 Å². The molecule has 0 N–H and O–H groups in total. The minimum absolute atomic E-state index is 0.0155. The summed E-state index contributed by atoms with van der Waals surface area (Å²) < 4.78 is 0. The Hall–Kier alpha value is -1.31. The first-order chi connectivity index (χ1) is 7.22. The number of unbranched alkanes of at least 4 members (excludes halogenated alkanes) is 2. The first-order valence-corrected chi connectivity index (χ1v) is 5.50. The van der Waals surface area contributed by atoms with Crippen molar-refractivity contribution in [2.45, 2.75) is 39.0 Å². The number of carboxylic acids is 1.